The lowest BCUT2D eigenvalue weighted by atomic mass is 9.93. The van der Waals surface area contributed by atoms with Gasteiger partial charge in [0.25, 0.3) is 0 Å². The highest BCUT2D eigenvalue weighted by molar-refractivity contribution is 7.99. The van der Waals surface area contributed by atoms with Gasteiger partial charge in [0.15, 0.2) is 0 Å². The third kappa shape index (κ3) is 2.96. The predicted molar refractivity (Wildman–Crippen MR) is 85.2 cm³/mol. The molecule has 1 fully saturated rings. The van der Waals surface area contributed by atoms with Crippen LogP contribution in [0.3, 0.4) is 0 Å². The number of aryl methyl sites for hydroxylation is 1. The van der Waals surface area contributed by atoms with Gasteiger partial charge in [0, 0.05) is 22.4 Å². The van der Waals surface area contributed by atoms with Crippen molar-refractivity contribution in [3.63, 3.8) is 0 Å². The Balaban J connectivity index is 1.71. The van der Waals surface area contributed by atoms with E-state index in [0.29, 0.717) is 12.1 Å². The number of hydrogen-bond donors (Lipinski definition) is 1. The molecule has 3 heteroatoms. The summed E-state index contributed by atoms with van der Waals surface area (Å²) in [6.45, 7) is 0. The molecule has 3 unspecified atom stereocenters. The first kappa shape index (κ1) is 13.8. The van der Waals surface area contributed by atoms with Crippen LogP contribution < -0.4 is 5.32 Å². The summed E-state index contributed by atoms with van der Waals surface area (Å²) in [5.74, 6) is 0. The molecule has 1 aromatic rings. The summed E-state index contributed by atoms with van der Waals surface area (Å²) >= 11 is 8.12. The van der Waals surface area contributed by atoms with Crippen LogP contribution in [0.25, 0.3) is 0 Å². The molecule has 2 aliphatic carbocycles. The molecule has 3 atom stereocenters. The fraction of sp³-hybridized carbons (Fsp3) is 0.625. The lowest BCUT2D eigenvalue weighted by Gasteiger charge is -2.33. The van der Waals surface area contributed by atoms with Crippen LogP contribution in [0.5, 0.6) is 0 Å². The van der Waals surface area contributed by atoms with Crippen molar-refractivity contribution in [1.82, 2.24) is 5.32 Å². The monoisotopic (exact) mass is 295 g/mol. The zero-order valence-corrected chi connectivity index (χ0v) is 13.1. The maximum atomic E-state index is 6.08. The van der Waals surface area contributed by atoms with Crippen LogP contribution in [-0.4, -0.2) is 17.5 Å². The van der Waals surface area contributed by atoms with Crippen LogP contribution in [0, 0.1) is 0 Å². The van der Waals surface area contributed by atoms with Gasteiger partial charge in [-0.25, -0.2) is 0 Å². The van der Waals surface area contributed by atoms with E-state index >= 15 is 0 Å². The number of hydrogen-bond acceptors (Lipinski definition) is 2. The van der Waals surface area contributed by atoms with Gasteiger partial charge in [-0.2, -0.15) is 11.8 Å². The van der Waals surface area contributed by atoms with Gasteiger partial charge < -0.3 is 5.32 Å². The number of rotatable bonds is 3. The summed E-state index contributed by atoms with van der Waals surface area (Å²) < 4.78 is 0. The third-order valence-corrected chi connectivity index (χ3v) is 6.01. The molecule has 19 heavy (non-hydrogen) atoms. The lowest BCUT2D eigenvalue weighted by Crippen LogP contribution is -2.41. The van der Waals surface area contributed by atoms with E-state index in [1.165, 1.54) is 49.7 Å². The summed E-state index contributed by atoms with van der Waals surface area (Å²) in [5, 5.41) is 5.60. The minimum atomic E-state index is 0.546. The molecule has 0 aromatic heterocycles. The predicted octanol–water partition coefficient (Wildman–Crippen LogP) is 4.59. The number of halogens is 1. The molecule has 0 radical (unpaired) electrons. The molecule has 0 aliphatic heterocycles. The van der Waals surface area contributed by atoms with Gasteiger partial charge >= 0.3 is 0 Å². The highest BCUT2D eigenvalue weighted by Gasteiger charge is 2.29. The second-order valence-electron chi connectivity index (χ2n) is 5.77. The Hall–Kier alpha value is -0.180. The Labute approximate surface area is 125 Å². The molecule has 0 heterocycles. The van der Waals surface area contributed by atoms with Gasteiger partial charge in [0.05, 0.1) is 0 Å². The summed E-state index contributed by atoms with van der Waals surface area (Å²) in [7, 11) is 0. The molecule has 0 saturated heterocycles. The summed E-state index contributed by atoms with van der Waals surface area (Å²) in [4.78, 5) is 0. The highest BCUT2D eigenvalue weighted by Crippen LogP contribution is 2.35. The van der Waals surface area contributed by atoms with Crippen LogP contribution in [0.2, 0.25) is 5.02 Å². The fourth-order valence-electron chi connectivity index (χ4n) is 3.59. The number of thioether (sulfide) groups is 1. The van der Waals surface area contributed by atoms with E-state index in [1.54, 1.807) is 0 Å². The molecule has 0 spiro atoms. The molecule has 0 bridgehead atoms. The molecule has 1 aromatic carbocycles. The van der Waals surface area contributed by atoms with Crippen molar-refractivity contribution in [3.05, 3.63) is 34.3 Å². The highest BCUT2D eigenvalue weighted by atomic mass is 35.5. The van der Waals surface area contributed by atoms with E-state index in [1.807, 2.05) is 17.8 Å². The molecular weight excluding hydrogens is 274 g/mol. The van der Waals surface area contributed by atoms with E-state index < -0.39 is 0 Å². The van der Waals surface area contributed by atoms with Crippen molar-refractivity contribution in [2.75, 3.05) is 6.26 Å². The number of nitrogens with one attached hydrogen (secondary N) is 1. The zero-order valence-electron chi connectivity index (χ0n) is 11.5. The van der Waals surface area contributed by atoms with E-state index in [4.69, 9.17) is 11.6 Å². The Bertz CT molecular complexity index is 448. The van der Waals surface area contributed by atoms with E-state index in [9.17, 15) is 0 Å². The van der Waals surface area contributed by atoms with Gasteiger partial charge in [0.1, 0.15) is 0 Å². The third-order valence-electron chi connectivity index (χ3n) is 4.60. The standard InChI is InChI=1S/C16H22ClNS/c1-19-16-5-3-2-4-15(16)18-14-9-6-11-10-12(17)7-8-13(11)14/h7-8,10,14-16,18H,2-6,9H2,1H3. The lowest BCUT2D eigenvalue weighted by molar-refractivity contribution is 0.346. The van der Waals surface area contributed by atoms with Crippen molar-refractivity contribution in [3.8, 4) is 0 Å². The molecule has 1 N–H and O–H groups in total. The molecule has 0 amide bonds. The van der Waals surface area contributed by atoms with E-state index in [-0.39, 0.29) is 0 Å². The Morgan fingerprint density at radius 1 is 1.21 bits per heavy atom. The zero-order chi connectivity index (χ0) is 13.2. The van der Waals surface area contributed by atoms with Crippen molar-refractivity contribution in [2.24, 2.45) is 0 Å². The van der Waals surface area contributed by atoms with Gasteiger partial charge in [-0.05, 0) is 55.2 Å². The second kappa shape index (κ2) is 6.07. The summed E-state index contributed by atoms with van der Waals surface area (Å²) in [6.07, 6.45) is 10.2. The minimum absolute atomic E-state index is 0.546. The maximum Gasteiger partial charge on any atom is 0.0408 e. The fourth-order valence-corrected chi connectivity index (χ4v) is 4.73. The smallest absolute Gasteiger partial charge is 0.0408 e. The summed E-state index contributed by atoms with van der Waals surface area (Å²) in [5.41, 5.74) is 2.93. The van der Waals surface area contributed by atoms with Crippen molar-refractivity contribution in [1.29, 1.82) is 0 Å². The van der Waals surface area contributed by atoms with E-state index in [0.717, 1.165) is 10.3 Å². The van der Waals surface area contributed by atoms with Crippen LogP contribution in [0.15, 0.2) is 18.2 Å². The quantitative estimate of drug-likeness (QED) is 0.875. The largest absolute Gasteiger partial charge is 0.306 e. The second-order valence-corrected chi connectivity index (χ2v) is 7.28. The topological polar surface area (TPSA) is 12.0 Å². The molecule has 1 nitrogen and oxygen atoms in total. The van der Waals surface area contributed by atoms with Crippen LogP contribution >= 0.6 is 23.4 Å². The number of fused-ring (bicyclic) bond motifs is 1. The normalized spacial score (nSPS) is 30.3. The van der Waals surface area contributed by atoms with Crippen LogP contribution in [0.4, 0.5) is 0 Å². The maximum absolute atomic E-state index is 6.08. The Morgan fingerprint density at radius 3 is 2.89 bits per heavy atom. The molecule has 104 valence electrons. The molecule has 1 saturated carbocycles. The molecule has 3 rings (SSSR count). The summed E-state index contributed by atoms with van der Waals surface area (Å²) in [6, 6.07) is 7.64. The van der Waals surface area contributed by atoms with Crippen LogP contribution in [0.1, 0.15) is 49.3 Å². The Kier molecular flexibility index (Phi) is 4.40. The molecular formula is C16H22ClNS. The average molecular weight is 296 g/mol. The first-order valence-electron chi connectivity index (χ1n) is 7.35. The first-order valence-corrected chi connectivity index (χ1v) is 9.01. The Morgan fingerprint density at radius 2 is 2.05 bits per heavy atom. The van der Waals surface area contributed by atoms with Crippen molar-refractivity contribution in [2.45, 2.75) is 55.9 Å². The SMILES string of the molecule is CSC1CCCCC1NC1CCc2cc(Cl)ccc21. The average Bonchev–Trinajstić information content (AvgIpc) is 2.82. The van der Waals surface area contributed by atoms with Crippen molar-refractivity contribution < 1.29 is 0 Å². The van der Waals surface area contributed by atoms with Gasteiger partial charge in [-0.3, -0.25) is 0 Å². The van der Waals surface area contributed by atoms with Gasteiger partial charge in [-0.1, -0.05) is 30.5 Å². The van der Waals surface area contributed by atoms with Gasteiger partial charge in [-0.15, -0.1) is 0 Å². The van der Waals surface area contributed by atoms with Crippen LogP contribution in [-0.2, 0) is 6.42 Å². The van der Waals surface area contributed by atoms with Gasteiger partial charge in [0.2, 0.25) is 0 Å². The van der Waals surface area contributed by atoms with E-state index in [2.05, 4.69) is 23.7 Å². The first-order chi connectivity index (χ1) is 9.28. The molecule has 2 aliphatic rings. The van der Waals surface area contributed by atoms with Crippen molar-refractivity contribution >= 4 is 23.4 Å². The minimum Gasteiger partial charge on any atom is -0.306 e. The number of benzene rings is 1.